The van der Waals surface area contributed by atoms with E-state index in [1.165, 1.54) is 45.8 Å². The Balaban J connectivity index is 1.51. The Kier molecular flexibility index (Phi) is 7.95. The Morgan fingerprint density at radius 2 is 2.31 bits per heavy atom. The highest BCUT2D eigenvalue weighted by Gasteiger charge is 2.54. The fraction of sp³-hybridized carbons (Fsp3) is 0.278. The zero-order valence-electron chi connectivity index (χ0n) is 17.5. The highest BCUT2D eigenvalue weighted by atomic mass is 35.5. The maximum Gasteiger partial charge on any atom is 0.352 e. The first-order valence-electron chi connectivity index (χ1n) is 9.64. The Morgan fingerprint density at radius 1 is 1.51 bits per heavy atom. The number of nitrogens with zero attached hydrogens (tertiary/aromatic N) is 5. The number of aliphatic carboxylic acids is 1. The number of carbonyl (C=O) groups is 3. The van der Waals surface area contributed by atoms with Gasteiger partial charge in [-0.05, 0) is 5.57 Å². The van der Waals surface area contributed by atoms with E-state index < -0.39 is 29.2 Å². The monoisotopic (exact) mass is 573 g/mol. The van der Waals surface area contributed by atoms with Gasteiger partial charge in [0.25, 0.3) is 11.8 Å². The zero-order valence-corrected chi connectivity index (χ0v) is 21.6. The number of carboxylic acids is 1. The van der Waals surface area contributed by atoms with Gasteiger partial charge in [-0.1, -0.05) is 63.8 Å². The molecule has 2 aromatic rings. The molecule has 35 heavy (non-hydrogen) atoms. The molecule has 184 valence electrons. The number of nitrogens with one attached hydrogen (secondary N) is 1. The summed E-state index contributed by atoms with van der Waals surface area (Å²) in [7, 11) is 0. The minimum absolute atomic E-state index is 0.0118. The number of nitrogens with two attached hydrogens (primary N) is 1. The average molecular weight is 574 g/mol. The fourth-order valence-electron chi connectivity index (χ4n) is 3.19. The van der Waals surface area contributed by atoms with Crippen LogP contribution in [0, 0.1) is 0 Å². The van der Waals surface area contributed by atoms with Crippen LogP contribution < -0.4 is 11.1 Å². The van der Waals surface area contributed by atoms with Gasteiger partial charge in [-0.25, -0.2) is 9.78 Å². The molecule has 1 fully saturated rings. The predicted octanol–water partition coefficient (Wildman–Crippen LogP) is 1.67. The number of amides is 2. The van der Waals surface area contributed by atoms with Crippen LogP contribution >= 0.6 is 57.8 Å². The van der Waals surface area contributed by atoms with Crippen LogP contribution in [-0.4, -0.2) is 78.2 Å². The van der Waals surface area contributed by atoms with Gasteiger partial charge in [-0.15, -0.1) is 22.0 Å². The standard InChI is InChI=1S/C18H16ClN7O5S4/c1-2-3-31-25-9(8-12(19)35-17(20)23-8)13(27)22-10-14(28)26-11(16(29)30)7(4-32-15(10)26)5-33-18-24-21-6-34-18/h2,6,10,15H,1,3-5H2,(H2,20,23)(H,22,27)(H,29,30)/t10?,15-/m1/s1. The normalized spacial score (nSPS) is 19.7. The van der Waals surface area contributed by atoms with Crippen molar-refractivity contribution in [2.24, 2.45) is 5.16 Å². The lowest BCUT2D eigenvalue weighted by Gasteiger charge is -2.49. The highest BCUT2D eigenvalue weighted by Crippen LogP contribution is 2.41. The van der Waals surface area contributed by atoms with E-state index >= 15 is 0 Å². The van der Waals surface area contributed by atoms with Gasteiger partial charge in [0.1, 0.15) is 39.3 Å². The van der Waals surface area contributed by atoms with Crippen molar-refractivity contribution in [2.45, 2.75) is 15.8 Å². The fourth-order valence-corrected chi connectivity index (χ4v) is 7.09. The molecule has 2 amide bonds. The first kappa shape index (κ1) is 25.4. The van der Waals surface area contributed by atoms with E-state index in [0.717, 1.165) is 11.3 Å². The summed E-state index contributed by atoms with van der Waals surface area (Å²) in [6.07, 6.45) is 1.43. The molecule has 2 atom stereocenters. The number of β-lactam (4-membered cyclic amide) rings is 1. The first-order chi connectivity index (χ1) is 16.8. The minimum Gasteiger partial charge on any atom is -0.477 e. The third-order valence-electron chi connectivity index (χ3n) is 4.64. The number of rotatable bonds is 10. The molecular weight excluding hydrogens is 558 g/mol. The summed E-state index contributed by atoms with van der Waals surface area (Å²) in [5.41, 5.74) is 7.51. The number of anilines is 1. The lowest BCUT2D eigenvalue weighted by molar-refractivity contribution is -0.150. The molecule has 0 saturated carbocycles. The lowest BCUT2D eigenvalue weighted by Crippen LogP contribution is -2.71. The van der Waals surface area contributed by atoms with Crippen molar-refractivity contribution in [3.63, 3.8) is 0 Å². The molecule has 0 aliphatic carbocycles. The van der Waals surface area contributed by atoms with E-state index in [-0.39, 0.29) is 33.2 Å². The largest absolute Gasteiger partial charge is 0.477 e. The van der Waals surface area contributed by atoms with Gasteiger partial charge in [-0.3, -0.25) is 14.5 Å². The summed E-state index contributed by atoms with van der Waals surface area (Å²) in [6, 6.07) is -0.974. The number of carboxylic acid groups (broad SMARTS) is 1. The van der Waals surface area contributed by atoms with Crippen LogP contribution in [0.5, 0.6) is 0 Å². The molecular formula is C18H16ClN7O5S4. The van der Waals surface area contributed by atoms with Gasteiger partial charge < -0.3 is 21.0 Å². The number of thioether (sulfide) groups is 2. The number of fused-ring (bicyclic) bond motifs is 1. The smallest absolute Gasteiger partial charge is 0.352 e. The molecule has 2 aliphatic rings. The highest BCUT2D eigenvalue weighted by molar-refractivity contribution is 8.01. The van der Waals surface area contributed by atoms with E-state index in [2.05, 4.69) is 32.2 Å². The van der Waals surface area contributed by atoms with Crippen LogP contribution in [0.2, 0.25) is 4.34 Å². The van der Waals surface area contributed by atoms with E-state index in [4.69, 9.17) is 22.2 Å². The molecule has 0 aromatic carbocycles. The molecule has 0 spiro atoms. The molecule has 4 heterocycles. The molecule has 2 aliphatic heterocycles. The van der Waals surface area contributed by atoms with Gasteiger partial charge in [0.15, 0.2) is 15.2 Å². The number of hydrogen-bond acceptors (Lipinski definition) is 13. The topological polar surface area (TPSA) is 173 Å². The maximum atomic E-state index is 13.0. The molecule has 2 aromatic heterocycles. The summed E-state index contributed by atoms with van der Waals surface area (Å²) in [5, 5.41) is 23.4. The number of aromatic nitrogens is 3. The summed E-state index contributed by atoms with van der Waals surface area (Å²) >= 11 is 11.1. The number of hydrogen-bond donors (Lipinski definition) is 3. The van der Waals surface area contributed by atoms with E-state index in [0.29, 0.717) is 21.4 Å². The van der Waals surface area contributed by atoms with Crippen molar-refractivity contribution in [3.8, 4) is 0 Å². The zero-order chi connectivity index (χ0) is 25.1. The van der Waals surface area contributed by atoms with Crippen molar-refractivity contribution in [1.82, 2.24) is 25.4 Å². The van der Waals surface area contributed by atoms with Gasteiger partial charge in [0.2, 0.25) is 0 Å². The van der Waals surface area contributed by atoms with Gasteiger partial charge >= 0.3 is 5.97 Å². The summed E-state index contributed by atoms with van der Waals surface area (Å²) in [6.45, 7) is 3.53. The van der Waals surface area contributed by atoms with Crippen molar-refractivity contribution in [1.29, 1.82) is 0 Å². The molecule has 4 rings (SSSR count). The van der Waals surface area contributed by atoms with Crippen molar-refractivity contribution in [3.05, 3.63) is 39.5 Å². The number of nitrogen functional groups attached to an aromatic ring is 1. The third-order valence-corrected chi connectivity index (χ3v) is 9.01. The van der Waals surface area contributed by atoms with Crippen LogP contribution in [0.15, 0.2) is 38.9 Å². The third kappa shape index (κ3) is 5.30. The van der Waals surface area contributed by atoms with Crippen molar-refractivity contribution in [2.75, 3.05) is 23.8 Å². The van der Waals surface area contributed by atoms with E-state index in [9.17, 15) is 19.5 Å². The molecule has 1 saturated heterocycles. The second-order valence-corrected chi connectivity index (χ2v) is 11.6. The number of thiazole rings is 1. The molecule has 1 unspecified atom stereocenters. The van der Waals surface area contributed by atoms with Gasteiger partial charge in [-0.2, -0.15) is 0 Å². The summed E-state index contributed by atoms with van der Waals surface area (Å²) in [4.78, 5) is 48.2. The van der Waals surface area contributed by atoms with Crippen LogP contribution in [-0.2, 0) is 19.2 Å². The Labute approximate surface area is 219 Å². The SMILES string of the molecule is C=CCON=C(C(=O)NC1C(=O)N2C(C(=O)O)=C(CSc3nncs3)CS[C@H]12)c1nc(N)sc1Cl. The van der Waals surface area contributed by atoms with Crippen molar-refractivity contribution < 1.29 is 24.3 Å². The van der Waals surface area contributed by atoms with Crippen LogP contribution in [0.4, 0.5) is 5.13 Å². The van der Waals surface area contributed by atoms with Crippen LogP contribution in [0.25, 0.3) is 0 Å². The first-order valence-corrected chi connectivity index (χ1v) is 13.8. The number of halogens is 1. The van der Waals surface area contributed by atoms with E-state index in [1.54, 1.807) is 5.51 Å². The number of oxime groups is 1. The predicted molar refractivity (Wildman–Crippen MR) is 135 cm³/mol. The molecule has 12 nitrogen and oxygen atoms in total. The number of carbonyl (C=O) groups excluding carboxylic acids is 2. The second kappa shape index (κ2) is 10.9. The molecule has 17 heteroatoms. The maximum absolute atomic E-state index is 13.0. The Bertz CT molecular complexity index is 1230. The quantitative estimate of drug-likeness (QED) is 0.0941. The molecule has 0 bridgehead atoms. The van der Waals surface area contributed by atoms with E-state index in [1.807, 2.05) is 0 Å². The second-order valence-electron chi connectivity index (χ2n) is 6.81. The van der Waals surface area contributed by atoms with Crippen LogP contribution in [0.3, 0.4) is 0 Å². The molecule has 4 N–H and O–H groups in total. The summed E-state index contributed by atoms with van der Waals surface area (Å²) < 4.78 is 0.821. The van der Waals surface area contributed by atoms with Gasteiger partial charge in [0.05, 0.1) is 0 Å². The van der Waals surface area contributed by atoms with Crippen molar-refractivity contribution >= 4 is 86.4 Å². The van der Waals surface area contributed by atoms with Gasteiger partial charge in [0, 0.05) is 11.5 Å². The van der Waals surface area contributed by atoms with Crippen LogP contribution in [0.1, 0.15) is 5.69 Å². The lowest BCUT2D eigenvalue weighted by atomic mass is 10.0. The average Bonchev–Trinajstić information content (AvgIpc) is 3.46. The Morgan fingerprint density at radius 3 is 2.94 bits per heavy atom. The summed E-state index contributed by atoms with van der Waals surface area (Å²) in [5.74, 6) is -1.82. The minimum atomic E-state index is -1.22. The molecule has 0 radical (unpaired) electrons. The Hall–Kier alpha value is -2.66.